The first-order valence-electron chi connectivity index (χ1n) is 7.20. The van der Waals surface area contributed by atoms with Crippen molar-refractivity contribution >= 4 is 63.1 Å². The van der Waals surface area contributed by atoms with Crippen molar-refractivity contribution in [3.8, 4) is 0 Å². The van der Waals surface area contributed by atoms with Gasteiger partial charge in [-0.1, -0.05) is 46.3 Å². The van der Waals surface area contributed by atoms with Crippen molar-refractivity contribution < 1.29 is 9.59 Å². The average molecular weight is 402 g/mol. The standard InChI is InChI=1S/C15H13Cl2N3O2S2/c1-8(21)20(10-3-4-10)14-18-19-15(24-14)23-7-13(22)9-2-5-11(16)12(17)6-9/h2,5-6,10H,3-4,7H2,1H3. The van der Waals surface area contributed by atoms with Crippen molar-refractivity contribution in [1.82, 2.24) is 10.2 Å². The molecule has 1 aliphatic carbocycles. The fourth-order valence-corrected chi connectivity index (χ4v) is 4.27. The van der Waals surface area contributed by atoms with Crippen LogP contribution in [0.4, 0.5) is 5.13 Å². The molecule has 0 saturated heterocycles. The van der Waals surface area contributed by atoms with Crippen LogP contribution in [0.25, 0.3) is 0 Å². The number of nitrogens with zero attached hydrogens (tertiary/aromatic N) is 3. The van der Waals surface area contributed by atoms with E-state index in [-0.39, 0.29) is 23.5 Å². The smallest absolute Gasteiger partial charge is 0.225 e. The lowest BCUT2D eigenvalue weighted by Gasteiger charge is -2.15. The van der Waals surface area contributed by atoms with Gasteiger partial charge in [0.05, 0.1) is 15.8 Å². The maximum absolute atomic E-state index is 12.2. The van der Waals surface area contributed by atoms with Gasteiger partial charge in [0, 0.05) is 18.5 Å². The number of Topliss-reactive ketones (excluding diaryl/α,β-unsaturated/α-hetero) is 1. The molecule has 1 aromatic carbocycles. The molecule has 1 aliphatic rings. The number of carbonyl (C=O) groups excluding carboxylic acids is 2. The van der Waals surface area contributed by atoms with Gasteiger partial charge in [-0.3, -0.25) is 14.5 Å². The van der Waals surface area contributed by atoms with Crippen LogP contribution in [-0.2, 0) is 4.79 Å². The normalized spacial score (nSPS) is 13.8. The van der Waals surface area contributed by atoms with Crippen LogP contribution in [0, 0.1) is 0 Å². The minimum atomic E-state index is -0.0686. The Balaban J connectivity index is 1.63. The topological polar surface area (TPSA) is 63.2 Å². The zero-order chi connectivity index (χ0) is 17.3. The third kappa shape index (κ3) is 4.08. The van der Waals surface area contributed by atoms with Gasteiger partial charge in [0.2, 0.25) is 11.0 Å². The molecule has 1 saturated carbocycles. The van der Waals surface area contributed by atoms with E-state index in [0.717, 1.165) is 12.8 Å². The Kier molecular flexibility index (Phi) is 5.44. The molecule has 0 unspecified atom stereocenters. The first-order valence-corrected chi connectivity index (χ1v) is 9.76. The summed E-state index contributed by atoms with van der Waals surface area (Å²) >= 11 is 14.4. The Morgan fingerprint density at radius 2 is 2.04 bits per heavy atom. The third-order valence-corrected chi connectivity index (χ3v) is 6.22. The van der Waals surface area contributed by atoms with Gasteiger partial charge >= 0.3 is 0 Å². The third-order valence-electron chi connectivity index (χ3n) is 3.42. The SMILES string of the molecule is CC(=O)N(c1nnc(SCC(=O)c2ccc(Cl)c(Cl)c2)s1)C1CC1. The van der Waals surface area contributed by atoms with Crippen LogP contribution in [-0.4, -0.2) is 33.7 Å². The molecule has 1 heterocycles. The number of aromatic nitrogens is 2. The number of halogens is 2. The summed E-state index contributed by atoms with van der Waals surface area (Å²) in [5.41, 5.74) is 0.505. The fraction of sp³-hybridized carbons (Fsp3) is 0.333. The number of anilines is 1. The van der Waals surface area contributed by atoms with E-state index in [9.17, 15) is 9.59 Å². The lowest BCUT2D eigenvalue weighted by atomic mass is 10.1. The molecular formula is C15H13Cl2N3O2S2. The molecular weight excluding hydrogens is 389 g/mol. The van der Waals surface area contributed by atoms with Gasteiger partial charge in [0.15, 0.2) is 10.1 Å². The molecule has 9 heteroatoms. The molecule has 1 fully saturated rings. The number of benzene rings is 1. The molecule has 0 spiro atoms. The first kappa shape index (κ1) is 17.7. The second-order valence-corrected chi connectivity index (χ2v) is 8.30. The highest BCUT2D eigenvalue weighted by Crippen LogP contribution is 2.36. The second-order valence-electron chi connectivity index (χ2n) is 5.31. The van der Waals surface area contributed by atoms with Crippen LogP contribution in [0.2, 0.25) is 10.0 Å². The molecule has 2 aromatic rings. The summed E-state index contributed by atoms with van der Waals surface area (Å²) < 4.78 is 0.658. The van der Waals surface area contributed by atoms with E-state index in [1.807, 2.05) is 0 Å². The summed E-state index contributed by atoms with van der Waals surface area (Å²) in [7, 11) is 0. The highest BCUT2D eigenvalue weighted by atomic mass is 35.5. The lowest BCUT2D eigenvalue weighted by Crippen LogP contribution is -2.30. The van der Waals surface area contributed by atoms with E-state index in [1.165, 1.54) is 30.0 Å². The summed E-state index contributed by atoms with van der Waals surface area (Å²) in [6.07, 6.45) is 1.99. The number of amides is 1. The molecule has 5 nitrogen and oxygen atoms in total. The quantitative estimate of drug-likeness (QED) is 0.409. The van der Waals surface area contributed by atoms with Gasteiger partial charge in [0.1, 0.15) is 0 Å². The van der Waals surface area contributed by atoms with Gasteiger partial charge in [-0.05, 0) is 31.0 Å². The maximum atomic E-state index is 12.2. The molecule has 0 aliphatic heterocycles. The highest BCUT2D eigenvalue weighted by molar-refractivity contribution is 8.01. The van der Waals surface area contributed by atoms with Crippen LogP contribution >= 0.6 is 46.3 Å². The second kappa shape index (κ2) is 7.39. The van der Waals surface area contributed by atoms with Crippen LogP contribution in [0.15, 0.2) is 22.5 Å². The van der Waals surface area contributed by atoms with Gasteiger partial charge < -0.3 is 0 Å². The maximum Gasteiger partial charge on any atom is 0.225 e. The van der Waals surface area contributed by atoms with Crippen molar-refractivity contribution in [3.05, 3.63) is 33.8 Å². The Labute approximate surface area is 157 Å². The van der Waals surface area contributed by atoms with Crippen molar-refractivity contribution in [3.63, 3.8) is 0 Å². The van der Waals surface area contributed by atoms with Crippen molar-refractivity contribution in [1.29, 1.82) is 0 Å². The molecule has 0 radical (unpaired) electrons. The Morgan fingerprint density at radius 3 is 2.67 bits per heavy atom. The predicted octanol–water partition coefficient (Wildman–Crippen LogP) is 4.34. The predicted molar refractivity (Wildman–Crippen MR) is 97.6 cm³/mol. The van der Waals surface area contributed by atoms with Gasteiger partial charge in [0.25, 0.3) is 0 Å². The van der Waals surface area contributed by atoms with Gasteiger partial charge in [-0.25, -0.2) is 0 Å². The van der Waals surface area contributed by atoms with E-state index in [1.54, 1.807) is 23.1 Å². The fourth-order valence-electron chi connectivity index (χ4n) is 2.12. The van der Waals surface area contributed by atoms with E-state index in [0.29, 0.717) is 25.1 Å². The summed E-state index contributed by atoms with van der Waals surface area (Å²) in [6, 6.07) is 5.05. The summed E-state index contributed by atoms with van der Waals surface area (Å²) in [6.45, 7) is 1.53. The molecule has 3 rings (SSSR count). The van der Waals surface area contributed by atoms with Gasteiger partial charge in [-0.2, -0.15) is 0 Å². The largest absolute Gasteiger partial charge is 0.293 e. The summed E-state index contributed by atoms with van der Waals surface area (Å²) in [5.74, 6) is 0.119. The zero-order valence-corrected chi connectivity index (χ0v) is 15.8. The van der Waals surface area contributed by atoms with Crippen LogP contribution < -0.4 is 4.90 Å². The van der Waals surface area contributed by atoms with Crippen molar-refractivity contribution in [2.24, 2.45) is 0 Å². The van der Waals surface area contributed by atoms with Gasteiger partial charge in [-0.15, -0.1) is 10.2 Å². The van der Waals surface area contributed by atoms with E-state index in [4.69, 9.17) is 23.2 Å². The monoisotopic (exact) mass is 401 g/mol. The number of rotatable bonds is 6. The molecule has 126 valence electrons. The molecule has 0 N–H and O–H groups in total. The Hall–Kier alpha value is -1.15. The summed E-state index contributed by atoms with van der Waals surface area (Å²) in [5, 5.41) is 9.51. The average Bonchev–Trinajstić information content (AvgIpc) is 3.25. The molecule has 1 aromatic heterocycles. The van der Waals surface area contributed by atoms with Crippen molar-refractivity contribution in [2.75, 3.05) is 10.7 Å². The lowest BCUT2D eigenvalue weighted by molar-refractivity contribution is -0.116. The Morgan fingerprint density at radius 1 is 1.29 bits per heavy atom. The minimum Gasteiger partial charge on any atom is -0.293 e. The van der Waals surface area contributed by atoms with E-state index in [2.05, 4.69) is 10.2 Å². The number of hydrogen-bond acceptors (Lipinski definition) is 6. The van der Waals surface area contributed by atoms with Crippen LogP contribution in [0.5, 0.6) is 0 Å². The molecule has 0 bridgehead atoms. The number of hydrogen-bond donors (Lipinski definition) is 0. The summed E-state index contributed by atoms with van der Waals surface area (Å²) in [4.78, 5) is 25.6. The Bertz CT molecular complexity index is 793. The first-order chi connectivity index (χ1) is 11.5. The minimum absolute atomic E-state index is 0.0305. The number of carbonyl (C=O) groups is 2. The van der Waals surface area contributed by atoms with Crippen LogP contribution in [0.1, 0.15) is 30.1 Å². The molecule has 1 amide bonds. The molecule has 0 atom stereocenters. The van der Waals surface area contributed by atoms with Crippen molar-refractivity contribution in [2.45, 2.75) is 30.1 Å². The number of thioether (sulfide) groups is 1. The number of ketones is 1. The highest BCUT2D eigenvalue weighted by Gasteiger charge is 2.34. The zero-order valence-electron chi connectivity index (χ0n) is 12.7. The van der Waals surface area contributed by atoms with E-state index < -0.39 is 0 Å². The van der Waals surface area contributed by atoms with E-state index >= 15 is 0 Å². The molecule has 24 heavy (non-hydrogen) atoms. The van der Waals surface area contributed by atoms with Crippen LogP contribution in [0.3, 0.4) is 0 Å².